The van der Waals surface area contributed by atoms with E-state index in [1.165, 1.54) is 0 Å². The van der Waals surface area contributed by atoms with Gasteiger partial charge in [0, 0.05) is 26.6 Å². The first kappa shape index (κ1) is 16.3. The average Bonchev–Trinajstić information content (AvgIpc) is 3.18. The lowest BCUT2D eigenvalue weighted by molar-refractivity contribution is -0.130. The van der Waals surface area contributed by atoms with Crippen molar-refractivity contribution in [2.24, 2.45) is 0 Å². The van der Waals surface area contributed by atoms with Gasteiger partial charge in [-0.05, 0) is 18.6 Å². The van der Waals surface area contributed by atoms with Gasteiger partial charge in [0.2, 0.25) is 5.91 Å². The normalized spacial score (nSPS) is 16.5. The number of hydrogen-bond donors (Lipinski definition) is 0. The molecule has 2 amide bonds. The third-order valence-electron chi connectivity index (χ3n) is 4.88. The van der Waals surface area contributed by atoms with Gasteiger partial charge >= 0.3 is 0 Å². The van der Waals surface area contributed by atoms with Gasteiger partial charge in [-0.3, -0.25) is 19.0 Å². The molecular formula is C17H19N7O2. The van der Waals surface area contributed by atoms with Crippen LogP contribution in [0.3, 0.4) is 0 Å². The third kappa shape index (κ3) is 2.83. The predicted octanol–water partition coefficient (Wildman–Crippen LogP) is 0.359. The molecule has 2 aromatic heterocycles. The van der Waals surface area contributed by atoms with Gasteiger partial charge in [-0.2, -0.15) is 15.5 Å². The highest BCUT2D eigenvalue weighted by molar-refractivity contribution is 5.92. The lowest BCUT2D eigenvalue weighted by Crippen LogP contribution is -2.36. The van der Waals surface area contributed by atoms with Crippen LogP contribution < -0.4 is 0 Å². The Balaban J connectivity index is 1.55. The van der Waals surface area contributed by atoms with Crippen molar-refractivity contribution >= 4 is 11.8 Å². The fourth-order valence-electron chi connectivity index (χ4n) is 3.49. The van der Waals surface area contributed by atoms with Gasteiger partial charge in [-0.15, -0.1) is 0 Å². The van der Waals surface area contributed by atoms with Crippen LogP contribution in [0.1, 0.15) is 40.9 Å². The molecule has 0 N–H and O–H groups in total. The molecule has 0 unspecified atom stereocenters. The number of aryl methyl sites for hydroxylation is 1. The molecule has 0 radical (unpaired) electrons. The van der Waals surface area contributed by atoms with Gasteiger partial charge in [0.15, 0.2) is 11.4 Å². The predicted molar refractivity (Wildman–Crippen MR) is 89.6 cm³/mol. The van der Waals surface area contributed by atoms with Crippen molar-refractivity contribution in [3.8, 4) is 6.07 Å². The number of rotatable bonds is 1. The highest BCUT2D eigenvalue weighted by atomic mass is 16.2. The summed E-state index contributed by atoms with van der Waals surface area (Å²) < 4.78 is 3.61. The minimum absolute atomic E-state index is 0.0272. The maximum Gasteiger partial charge on any atom is 0.274 e. The Morgan fingerprint density at radius 1 is 1.00 bits per heavy atom. The van der Waals surface area contributed by atoms with Crippen LogP contribution in [-0.2, 0) is 31.0 Å². The molecular weight excluding hydrogens is 334 g/mol. The van der Waals surface area contributed by atoms with Gasteiger partial charge in [0.25, 0.3) is 5.91 Å². The summed E-state index contributed by atoms with van der Waals surface area (Å²) in [5.41, 5.74) is 2.51. The first-order chi connectivity index (χ1) is 12.5. The Labute approximate surface area is 150 Å². The summed E-state index contributed by atoms with van der Waals surface area (Å²) in [6, 6.07) is 5.55. The number of nitrogens with zero attached hydrogens (tertiary/aromatic N) is 7. The highest BCUT2D eigenvalue weighted by Gasteiger charge is 2.26. The van der Waals surface area contributed by atoms with E-state index in [9.17, 15) is 9.59 Å². The van der Waals surface area contributed by atoms with E-state index in [-0.39, 0.29) is 11.8 Å². The van der Waals surface area contributed by atoms with E-state index in [1.807, 2.05) is 10.8 Å². The molecule has 2 aromatic rings. The van der Waals surface area contributed by atoms with Crippen LogP contribution in [-0.4, -0.2) is 54.3 Å². The number of carbonyl (C=O) groups excluding carboxylic acids is 2. The molecule has 0 aromatic carbocycles. The lowest BCUT2D eigenvalue weighted by Gasteiger charge is -2.26. The fourth-order valence-corrected chi connectivity index (χ4v) is 3.49. The summed E-state index contributed by atoms with van der Waals surface area (Å²) in [5.74, 6) is -0.103. The second-order valence-corrected chi connectivity index (χ2v) is 6.62. The molecule has 134 valence electrons. The molecule has 0 saturated carbocycles. The number of carbonyl (C=O) groups is 2. The van der Waals surface area contributed by atoms with Crippen molar-refractivity contribution < 1.29 is 9.59 Å². The second kappa shape index (κ2) is 6.29. The Hall–Kier alpha value is -3.15. The molecule has 0 bridgehead atoms. The zero-order valence-electron chi connectivity index (χ0n) is 14.6. The summed E-state index contributed by atoms with van der Waals surface area (Å²) in [7, 11) is 0. The van der Waals surface area contributed by atoms with E-state index in [1.54, 1.807) is 33.5 Å². The van der Waals surface area contributed by atoms with Crippen molar-refractivity contribution in [1.82, 2.24) is 29.4 Å². The highest BCUT2D eigenvalue weighted by Crippen LogP contribution is 2.18. The van der Waals surface area contributed by atoms with Gasteiger partial charge < -0.3 is 9.80 Å². The number of hydrogen-bond acceptors (Lipinski definition) is 5. The summed E-state index contributed by atoms with van der Waals surface area (Å²) in [6.45, 7) is 4.95. The van der Waals surface area contributed by atoms with Crippen LogP contribution in [0.2, 0.25) is 0 Å². The number of aromatic nitrogens is 4. The molecule has 0 fully saturated rings. The molecule has 9 nitrogen and oxygen atoms in total. The molecule has 2 aliphatic rings. The second-order valence-electron chi connectivity index (χ2n) is 6.62. The molecule has 0 atom stereocenters. The summed E-state index contributed by atoms with van der Waals surface area (Å²) in [4.78, 5) is 28.0. The zero-order chi connectivity index (χ0) is 18.3. The molecule has 9 heteroatoms. The zero-order valence-corrected chi connectivity index (χ0v) is 14.6. The van der Waals surface area contributed by atoms with Crippen molar-refractivity contribution in [2.45, 2.75) is 39.5 Å². The van der Waals surface area contributed by atoms with Gasteiger partial charge in [0.1, 0.15) is 6.07 Å². The Morgan fingerprint density at radius 3 is 2.50 bits per heavy atom. The van der Waals surface area contributed by atoms with Gasteiger partial charge in [0.05, 0.1) is 31.0 Å². The quantitative estimate of drug-likeness (QED) is 0.737. The minimum atomic E-state index is -0.130. The topological polar surface area (TPSA) is 100 Å². The first-order valence-corrected chi connectivity index (χ1v) is 8.63. The van der Waals surface area contributed by atoms with Crippen molar-refractivity contribution in [3.63, 3.8) is 0 Å². The monoisotopic (exact) mass is 353 g/mol. The first-order valence-electron chi connectivity index (χ1n) is 8.63. The standard InChI is InChI=1S/C17H19N7O2/c1-12(25)21-5-6-24-15(10-21)8-16(20-24)17(26)22-3-2-4-23-14(11-22)7-13(9-18)19-23/h7-8H,2-6,10-11H2,1H3. The molecule has 0 saturated heterocycles. The van der Waals surface area contributed by atoms with Crippen LogP contribution in [0.5, 0.6) is 0 Å². The number of fused-ring (bicyclic) bond motifs is 2. The summed E-state index contributed by atoms with van der Waals surface area (Å²) >= 11 is 0. The fraction of sp³-hybridized carbons (Fsp3) is 0.471. The largest absolute Gasteiger partial charge is 0.335 e. The summed E-state index contributed by atoms with van der Waals surface area (Å²) in [6.07, 6.45) is 0.775. The number of amides is 2. The summed E-state index contributed by atoms with van der Waals surface area (Å²) in [5, 5.41) is 17.7. The Morgan fingerprint density at radius 2 is 1.73 bits per heavy atom. The molecule has 4 heterocycles. The lowest BCUT2D eigenvalue weighted by atomic mass is 10.2. The Bertz CT molecular complexity index is 920. The van der Waals surface area contributed by atoms with E-state index in [4.69, 9.17) is 5.26 Å². The van der Waals surface area contributed by atoms with E-state index in [2.05, 4.69) is 10.2 Å². The van der Waals surface area contributed by atoms with Crippen LogP contribution in [0, 0.1) is 11.3 Å². The molecule has 0 spiro atoms. The SMILES string of the molecule is CC(=O)N1CCn2nc(C(=O)N3CCCn4nc(C#N)cc4C3)cc2C1. The van der Waals surface area contributed by atoms with Crippen LogP contribution >= 0.6 is 0 Å². The van der Waals surface area contributed by atoms with Crippen molar-refractivity contribution in [3.05, 3.63) is 34.9 Å². The van der Waals surface area contributed by atoms with E-state index >= 15 is 0 Å². The van der Waals surface area contributed by atoms with Crippen molar-refractivity contribution in [2.75, 3.05) is 13.1 Å². The minimum Gasteiger partial charge on any atom is -0.335 e. The molecule has 26 heavy (non-hydrogen) atoms. The van der Waals surface area contributed by atoms with Crippen molar-refractivity contribution in [1.29, 1.82) is 5.26 Å². The molecule has 2 aliphatic heterocycles. The Kier molecular flexibility index (Phi) is 3.95. The maximum absolute atomic E-state index is 12.9. The van der Waals surface area contributed by atoms with Crippen LogP contribution in [0.25, 0.3) is 0 Å². The number of nitriles is 1. The van der Waals surface area contributed by atoms with E-state index in [0.29, 0.717) is 50.7 Å². The van der Waals surface area contributed by atoms with E-state index < -0.39 is 0 Å². The van der Waals surface area contributed by atoms with Crippen LogP contribution in [0.15, 0.2) is 12.1 Å². The van der Waals surface area contributed by atoms with Crippen LogP contribution in [0.4, 0.5) is 0 Å². The third-order valence-corrected chi connectivity index (χ3v) is 4.88. The smallest absolute Gasteiger partial charge is 0.274 e. The molecule has 4 rings (SSSR count). The van der Waals surface area contributed by atoms with Gasteiger partial charge in [-0.1, -0.05) is 0 Å². The average molecular weight is 353 g/mol. The maximum atomic E-state index is 12.9. The van der Waals surface area contributed by atoms with Gasteiger partial charge in [-0.25, -0.2) is 0 Å². The molecule has 0 aliphatic carbocycles. The van der Waals surface area contributed by atoms with E-state index in [0.717, 1.165) is 17.8 Å².